The number of hydrogen-bond acceptors (Lipinski definition) is 4. The van der Waals surface area contributed by atoms with Crippen molar-refractivity contribution in [2.24, 2.45) is 0 Å². The van der Waals surface area contributed by atoms with Gasteiger partial charge in [-0.3, -0.25) is 9.28 Å². The predicted molar refractivity (Wildman–Crippen MR) is 83.2 cm³/mol. The van der Waals surface area contributed by atoms with Crippen molar-refractivity contribution < 1.29 is 23.9 Å². The van der Waals surface area contributed by atoms with Gasteiger partial charge in [-0.05, 0) is 6.07 Å². The summed E-state index contributed by atoms with van der Waals surface area (Å²) in [5, 5.41) is 10.9. The molecule has 23 heavy (non-hydrogen) atoms. The summed E-state index contributed by atoms with van der Waals surface area (Å²) in [5.74, 6) is -0.197. The Kier molecular flexibility index (Phi) is 5.27. The summed E-state index contributed by atoms with van der Waals surface area (Å²) >= 11 is 0. The van der Waals surface area contributed by atoms with Gasteiger partial charge in [-0.2, -0.15) is 0 Å². The predicted octanol–water partition coefficient (Wildman–Crippen LogP) is 0.0110. The van der Waals surface area contributed by atoms with Crippen molar-refractivity contribution in [2.45, 2.75) is 12.8 Å². The molecule has 1 aromatic rings. The molecule has 6 heteroatoms. The highest BCUT2D eigenvalue weighted by atomic mass is 16.5. The second-order valence-corrected chi connectivity index (χ2v) is 6.16. The van der Waals surface area contributed by atoms with E-state index >= 15 is 0 Å². The largest absolute Gasteiger partial charge is 0.378 e. The van der Waals surface area contributed by atoms with Crippen LogP contribution in [0.1, 0.15) is 5.56 Å². The molecule has 1 atom stereocenters. The number of hydrogen-bond donors (Lipinski definition) is 1. The smallest absolute Gasteiger partial charge is 0.310 e. The molecule has 2 heterocycles. The molecule has 0 spiro atoms. The lowest BCUT2D eigenvalue weighted by Gasteiger charge is -2.45. The quantitative estimate of drug-likeness (QED) is 0.794. The minimum Gasteiger partial charge on any atom is -0.378 e. The van der Waals surface area contributed by atoms with Crippen LogP contribution < -0.4 is 0 Å². The van der Waals surface area contributed by atoms with Crippen molar-refractivity contribution in [3.05, 3.63) is 35.9 Å². The zero-order chi connectivity index (χ0) is 16.1. The van der Waals surface area contributed by atoms with E-state index in [0.29, 0.717) is 63.6 Å². The van der Waals surface area contributed by atoms with Crippen LogP contribution in [0.15, 0.2) is 24.3 Å². The van der Waals surface area contributed by atoms with Gasteiger partial charge in [0, 0.05) is 18.7 Å². The molecule has 6 nitrogen and oxygen atoms in total. The van der Waals surface area contributed by atoms with Crippen molar-refractivity contribution in [2.75, 3.05) is 52.6 Å². The molecule has 1 aromatic carbocycles. The molecule has 0 bridgehead atoms. The first-order valence-electron chi connectivity index (χ1n) is 8.14. The number of aliphatic hydroxyl groups is 1. The zero-order valence-corrected chi connectivity index (χ0v) is 13.3. The Hall–Kier alpha value is -1.47. The van der Waals surface area contributed by atoms with Crippen LogP contribution >= 0.6 is 0 Å². The first-order chi connectivity index (χ1) is 11.2. The molecule has 0 aromatic heterocycles. The molecule has 2 saturated heterocycles. The molecule has 2 aliphatic heterocycles. The Morgan fingerprint density at radius 2 is 1.78 bits per heavy atom. The van der Waals surface area contributed by atoms with E-state index in [1.165, 1.54) is 0 Å². The van der Waals surface area contributed by atoms with Crippen LogP contribution in [0.5, 0.6) is 0 Å². The molecule has 0 saturated carbocycles. The van der Waals surface area contributed by atoms with Gasteiger partial charge in [0.2, 0.25) is 0 Å². The van der Waals surface area contributed by atoms with Gasteiger partial charge >= 0.3 is 5.91 Å². The van der Waals surface area contributed by atoms with Crippen molar-refractivity contribution in [1.29, 1.82) is 0 Å². The highest BCUT2D eigenvalue weighted by Gasteiger charge is 2.44. The molecule has 2 aliphatic rings. The molecule has 1 amide bonds. The number of amides is 1. The van der Waals surface area contributed by atoms with Crippen LogP contribution in [0.3, 0.4) is 0 Å². The molecule has 3 rings (SSSR count). The van der Waals surface area contributed by atoms with Gasteiger partial charge in [0.25, 0.3) is 6.23 Å². The average Bonchev–Trinajstić information content (AvgIpc) is 2.63. The van der Waals surface area contributed by atoms with Crippen LogP contribution in [0.25, 0.3) is 0 Å². The van der Waals surface area contributed by atoms with Crippen LogP contribution in [0, 0.1) is 6.07 Å². The number of quaternary nitrogens is 1. The highest BCUT2D eigenvalue weighted by Crippen LogP contribution is 2.22. The van der Waals surface area contributed by atoms with E-state index in [1.807, 2.05) is 24.3 Å². The van der Waals surface area contributed by atoms with Gasteiger partial charge in [-0.25, -0.2) is 0 Å². The average molecular weight is 320 g/mol. The van der Waals surface area contributed by atoms with Crippen molar-refractivity contribution in [3.63, 3.8) is 0 Å². The number of carbonyl (C=O) groups excluding carboxylic acids is 1. The Morgan fingerprint density at radius 3 is 2.43 bits per heavy atom. The van der Waals surface area contributed by atoms with Crippen LogP contribution in [0.2, 0.25) is 0 Å². The van der Waals surface area contributed by atoms with Gasteiger partial charge in [-0.1, -0.05) is 24.3 Å². The normalized spacial score (nSPS) is 22.6. The van der Waals surface area contributed by atoms with Crippen molar-refractivity contribution in [1.82, 2.24) is 4.90 Å². The monoisotopic (exact) mass is 320 g/mol. The molecular weight excluding hydrogens is 296 g/mol. The summed E-state index contributed by atoms with van der Waals surface area (Å²) in [4.78, 5) is 14.5. The molecule has 0 aliphatic carbocycles. The number of aliphatic hydroxyl groups excluding tert-OH is 1. The first kappa shape index (κ1) is 16.4. The standard InChI is InChI=1S/C17H24N2O4/c20-16(18-6-10-22-11-7-18)17(21)19(8-12-23-13-9-19)14-15-4-2-1-3-5-15/h2-5,17,21H,6-14H2/q+1. The van der Waals surface area contributed by atoms with E-state index < -0.39 is 6.23 Å². The van der Waals surface area contributed by atoms with E-state index in [1.54, 1.807) is 4.90 Å². The van der Waals surface area contributed by atoms with Gasteiger partial charge in [0.15, 0.2) is 0 Å². The Bertz CT molecular complexity index is 511. The van der Waals surface area contributed by atoms with Gasteiger partial charge < -0.3 is 19.5 Å². The van der Waals surface area contributed by atoms with Crippen molar-refractivity contribution >= 4 is 5.91 Å². The third-order valence-corrected chi connectivity index (χ3v) is 4.71. The molecule has 1 radical (unpaired) electrons. The number of ether oxygens (including phenoxy) is 2. The number of nitrogens with zero attached hydrogens (tertiary/aromatic N) is 2. The fourth-order valence-corrected chi connectivity index (χ4v) is 3.27. The number of morpholine rings is 2. The fourth-order valence-electron chi connectivity index (χ4n) is 3.27. The van der Waals surface area contributed by atoms with Crippen LogP contribution in [0.4, 0.5) is 0 Å². The number of carbonyl (C=O) groups is 1. The number of rotatable bonds is 4. The molecular formula is C17H24N2O4+. The van der Waals surface area contributed by atoms with Gasteiger partial charge in [-0.15, -0.1) is 0 Å². The molecule has 1 unspecified atom stereocenters. The Labute approximate surface area is 136 Å². The summed E-state index contributed by atoms with van der Waals surface area (Å²) < 4.78 is 11.1. The summed E-state index contributed by atoms with van der Waals surface area (Å²) in [7, 11) is 0. The molecule has 1 N–H and O–H groups in total. The number of benzene rings is 1. The lowest BCUT2D eigenvalue weighted by molar-refractivity contribution is -0.980. The summed E-state index contributed by atoms with van der Waals surface area (Å²) in [6.07, 6.45) is -1.05. The van der Waals surface area contributed by atoms with E-state index in [2.05, 4.69) is 6.07 Å². The lowest BCUT2D eigenvalue weighted by Crippen LogP contribution is -2.65. The SMILES string of the molecule is O=C(C(O)[N+]1(Cc2cc[c]cc2)CCOCC1)N1CCOCC1. The lowest BCUT2D eigenvalue weighted by atomic mass is 10.1. The van der Waals surface area contributed by atoms with E-state index in [9.17, 15) is 9.90 Å². The van der Waals surface area contributed by atoms with E-state index in [-0.39, 0.29) is 5.91 Å². The zero-order valence-electron chi connectivity index (χ0n) is 13.3. The summed E-state index contributed by atoms with van der Waals surface area (Å²) in [5.41, 5.74) is 1.10. The highest BCUT2D eigenvalue weighted by molar-refractivity contribution is 5.79. The van der Waals surface area contributed by atoms with Gasteiger partial charge in [0.05, 0.1) is 26.4 Å². The van der Waals surface area contributed by atoms with Gasteiger partial charge in [0.1, 0.15) is 19.6 Å². The maximum Gasteiger partial charge on any atom is 0.310 e. The summed E-state index contributed by atoms with van der Waals surface area (Å²) in [6.45, 7) is 5.19. The second kappa shape index (κ2) is 7.40. The molecule has 2 fully saturated rings. The Morgan fingerprint density at radius 1 is 1.17 bits per heavy atom. The van der Waals surface area contributed by atoms with E-state index in [0.717, 1.165) is 5.56 Å². The molecule has 125 valence electrons. The Balaban J connectivity index is 1.78. The first-order valence-corrected chi connectivity index (χ1v) is 8.14. The van der Waals surface area contributed by atoms with E-state index in [4.69, 9.17) is 9.47 Å². The summed E-state index contributed by atoms with van der Waals surface area (Å²) in [6, 6.07) is 10.7. The van der Waals surface area contributed by atoms with Crippen LogP contribution in [-0.2, 0) is 20.8 Å². The fraction of sp³-hybridized carbons (Fsp3) is 0.588. The maximum absolute atomic E-state index is 12.8. The topological polar surface area (TPSA) is 59.0 Å². The second-order valence-electron chi connectivity index (χ2n) is 6.16. The third kappa shape index (κ3) is 3.72. The maximum atomic E-state index is 12.8. The van der Waals surface area contributed by atoms with Crippen LogP contribution in [-0.4, -0.2) is 79.2 Å². The third-order valence-electron chi connectivity index (χ3n) is 4.71. The minimum absolute atomic E-state index is 0.197. The van der Waals surface area contributed by atoms with Crippen molar-refractivity contribution in [3.8, 4) is 0 Å². The minimum atomic E-state index is -1.05.